The Labute approximate surface area is 140 Å². The zero-order chi connectivity index (χ0) is 16.5. The van der Waals surface area contributed by atoms with Crippen molar-refractivity contribution in [2.75, 3.05) is 25.0 Å². The van der Waals surface area contributed by atoms with Crippen molar-refractivity contribution in [3.63, 3.8) is 0 Å². The molecule has 4 rings (SSSR count). The predicted molar refractivity (Wildman–Crippen MR) is 90.3 cm³/mol. The fourth-order valence-corrected chi connectivity index (χ4v) is 3.30. The van der Waals surface area contributed by atoms with Crippen LogP contribution in [0.2, 0.25) is 0 Å². The molecule has 1 amide bonds. The van der Waals surface area contributed by atoms with Crippen LogP contribution in [-0.4, -0.2) is 46.5 Å². The summed E-state index contributed by atoms with van der Waals surface area (Å²) in [5.41, 5.74) is 1.82. The zero-order valence-electron chi connectivity index (χ0n) is 13.6. The lowest BCUT2D eigenvalue weighted by Crippen LogP contribution is -2.31. The van der Waals surface area contributed by atoms with Crippen LogP contribution in [-0.2, 0) is 0 Å². The quantitative estimate of drug-likeness (QED) is 0.918. The van der Waals surface area contributed by atoms with Gasteiger partial charge in [-0.3, -0.25) is 9.78 Å². The molecule has 124 valence electrons. The minimum absolute atomic E-state index is 0.0177. The SMILES string of the molecule is C[C@H]1COc2cc(C(=O)N3CCC(c4ccncc4)C3)cnc2N1. The van der Waals surface area contributed by atoms with Gasteiger partial charge in [-0.15, -0.1) is 0 Å². The maximum atomic E-state index is 12.8. The Bertz CT molecular complexity index is 750. The molecule has 2 aliphatic rings. The number of nitrogens with one attached hydrogen (secondary N) is 1. The summed E-state index contributed by atoms with van der Waals surface area (Å²) in [7, 11) is 0. The van der Waals surface area contributed by atoms with Gasteiger partial charge < -0.3 is 15.0 Å². The molecule has 6 heteroatoms. The fourth-order valence-electron chi connectivity index (χ4n) is 3.30. The van der Waals surface area contributed by atoms with Crippen molar-refractivity contribution >= 4 is 11.7 Å². The third-order valence-corrected chi connectivity index (χ3v) is 4.62. The Morgan fingerprint density at radius 3 is 3.04 bits per heavy atom. The van der Waals surface area contributed by atoms with Crippen LogP contribution in [0.25, 0.3) is 0 Å². The minimum atomic E-state index is 0.0177. The van der Waals surface area contributed by atoms with E-state index in [0.29, 0.717) is 29.7 Å². The van der Waals surface area contributed by atoms with E-state index in [9.17, 15) is 4.79 Å². The summed E-state index contributed by atoms with van der Waals surface area (Å²) in [5.74, 6) is 1.76. The molecule has 0 bridgehead atoms. The van der Waals surface area contributed by atoms with Crippen LogP contribution in [0.4, 0.5) is 5.82 Å². The molecule has 1 fully saturated rings. The van der Waals surface area contributed by atoms with Gasteiger partial charge in [0.1, 0.15) is 6.61 Å². The first-order valence-electron chi connectivity index (χ1n) is 8.29. The normalized spacial score (nSPS) is 22.5. The summed E-state index contributed by atoms with van der Waals surface area (Å²) in [4.78, 5) is 23.1. The van der Waals surface area contributed by atoms with E-state index < -0.39 is 0 Å². The van der Waals surface area contributed by atoms with Gasteiger partial charge in [0.2, 0.25) is 0 Å². The largest absolute Gasteiger partial charge is 0.488 e. The number of hydrogen-bond donors (Lipinski definition) is 1. The van der Waals surface area contributed by atoms with Crippen molar-refractivity contribution in [3.8, 4) is 5.75 Å². The molecule has 0 aromatic carbocycles. The second-order valence-corrected chi connectivity index (χ2v) is 6.44. The average Bonchev–Trinajstić information content (AvgIpc) is 3.11. The van der Waals surface area contributed by atoms with Gasteiger partial charge in [-0.1, -0.05) is 0 Å². The molecule has 2 atom stereocenters. The van der Waals surface area contributed by atoms with Crippen LogP contribution in [0.3, 0.4) is 0 Å². The molecular formula is C18H20N4O2. The van der Waals surface area contributed by atoms with Crippen molar-refractivity contribution in [1.82, 2.24) is 14.9 Å². The summed E-state index contributed by atoms with van der Waals surface area (Å²) in [6.45, 7) is 4.11. The summed E-state index contributed by atoms with van der Waals surface area (Å²) in [6.07, 6.45) is 6.22. The Hall–Kier alpha value is -2.63. The number of carbonyl (C=O) groups is 1. The maximum Gasteiger partial charge on any atom is 0.255 e. The van der Waals surface area contributed by atoms with Crippen molar-refractivity contribution in [1.29, 1.82) is 0 Å². The molecule has 24 heavy (non-hydrogen) atoms. The number of ether oxygens (including phenoxy) is 1. The van der Waals surface area contributed by atoms with E-state index in [2.05, 4.69) is 15.3 Å². The minimum Gasteiger partial charge on any atom is -0.488 e. The van der Waals surface area contributed by atoms with Crippen LogP contribution >= 0.6 is 0 Å². The third-order valence-electron chi connectivity index (χ3n) is 4.62. The molecular weight excluding hydrogens is 304 g/mol. The summed E-state index contributed by atoms with van der Waals surface area (Å²) >= 11 is 0. The van der Waals surface area contributed by atoms with Crippen LogP contribution in [0.1, 0.15) is 35.2 Å². The average molecular weight is 324 g/mol. The van der Waals surface area contributed by atoms with Crippen LogP contribution < -0.4 is 10.1 Å². The summed E-state index contributed by atoms with van der Waals surface area (Å²) < 4.78 is 5.68. The van der Waals surface area contributed by atoms with Crippen molar-refractivity contribution in [2.24, 2.45) is 0 Å². The van der Waals surface area contributed by atoms with E-state index in [1.54, 1.807) is 24.7 Å². The molecule has 4 heterocycles. The molecule has 0 spiro atoms. The lowest BCUT2D eigenvalue weighted by molar-refractivity contribution is 0.0790. The highest BCUT2D eigenvalue weighted by Crippen LogP contribution is 2.30. The Morgan fingerprint density at radius 2 is 2.21 bits per heavy atom. The van der Waals surface area contributed by atoms with E-state index in [-0.39, 0.29) is 11.9 Å². The van der Waals surface area contributed by atoms with Crippen molar-refractivity contribution < 1.29 is 9.53 Å². The summed E-state index contributed by atoms with van der Waals surface area (Å²) in [6, 6.07) is 6.08. The molecule has 2 aliphatic heterocycles. The maximum absolute atomic E-state index is 12.8. The highest BCUT2D eigenvalue weighted by atomic mass is 16.5. The molecule has 1 N–H and O–H groups in total. The van der Waals surface area contributed by atoms with Gasteiger partial charge in [-0.25, -0.2) is 4.98 Å². The van der Waals surface area contributed by atoms with Gasteiger partial charge in [0.05, 0.1) is 11.6 Å². The molecule has 1 saturated heterocycles. The van der Waals surface area contributed by atoms with Gasteiger partial charge in [0, 0.05) is 37.6 Å². The van der Waals surface area contributed by atoms with Crippen LogP contribution in [0, 0.1) is 0 Å². The van der Waals surface area contributed by atoms with E-state index in [1.807, 2.05) is 24.0 Å². The van der Waals surface area contributed by atoms with Crippen LogP contribution in [0.5, 0.6) is 5.75 Å². The molecule has 2 aromatic rings. The Balaban J connectivity index is 1.49. The van der Waals surface area contributed by atoms with Crippen LogP contribution in [0.15, 0.2) is 36.8 Å². The number of nitrogens with zero attached hydrogens (tertiary/aromatic N) is 3. The molecule has 6 nitrogen and oxygen atoms in total. The summed E-state index contributed by atoms with van der Waals surface area (Å²) in [5, 5.41) is 3.26. The zero-order valence-corrected chi connectivity index (χ0v) is 13.6. The first-order chi connectivity index (χ1) is 11.7. The monoisotopic (exact) mass is 324 g/mol. The number of hydrogen-bond acceptors (Lipinski definition) is 5. The smallest absolute Gasteiger partial charge is 0.255 e. The first kappa shape index (κ1) is 14.9. The Kier molecular flexibility index (Phi) is 3.80. The number of rotatable bonds is 2. The number of aromatic nitrogens is 2. The molecule has 0 radical (unpaired) electrons. The van der Waals surface area contributed by atoms with Gasteiger partial charge >= 0.3 is 0 Å². The number of likely N-dealkylation sites (tertiary alicyclic amines) is 1. The van der Waals surface area contributed by atoms with E-state index in [1.165, 1.54) is 5.56 Å². The third kappa shape index (κ3) is 2.79. The molecule has 1 unspecified atom stereocenters. The standard InChI is InChI=1S/C18H20N4O2/c1-12-11-24-16-8-15(9-20-17(16)21-12)18(23)22-7-4-14(10-22)13-2-5-19-6-3-13/h2-3,5-6,8-9,12,14H,4,7,10-11H2,1H3,(H,20,21)/t12-,14?/m0/s1. The molecule has 0 saturated carbocycles. The second-order valence-electron chi connectivity index (χ2n) is 6.44. The first-order valence-corrected chi connectivity index (χ1v) is 8.29. The van der Waals surface area contributed by atoms with Gasteiger partial charge in [-0.2, -0.15) is 0 Å². The number of carbonyl (C=O) groups excluding carboxylic acids is 1. The number of fused-ring (bicyclic) bond motifs is 1. The van der Waals surface area contributed by atoms with E-state index in [4.69, 9.17) is 4.74 Å². The number of pyridine rings is 2. The van der Waals surface area contributed by atoms with Crippen molar-refractivity contribution in [2.45, 2.75) is 25.3 Å². The predicted octanol–water partition coefficient (Wildman–Crippen LogP) is 2.30. The second kappa shape index (κ2) is 6.11. The lowest BCUT2D eigenvalue weighted by atomic mass is 10.00. The highest BCUT2D eigenvalue weighted by Gasteiger charge is 2.29. The van der Waals surface area contributed by atoms with E-state index in [0.717, 1.165) is 19.5 Å². The fraction of sp³-hybridized carbons (Fsp3) is 0.389. The van der Waals surface area contributed by atoms with Crippen molar-refractivity contribution in [3.05, 3.63) is 47.9 Å². The van der Waals surface area contributed by atoms with E-state index >= 15 is 0 Å². The lowest BCUT2D eigenvalue weighted by Gasteiger charge is -2.24. The number of amides is 1. The molecule has 2 aromatic heterocycles. The molecule has 0 aliphatic carbocycles. The topological polar surface area (TPSA) is 67.3 Å². The van der Waals surface area contributed by atoms with Gasteiger partial charge in [0.15, 0.2) is 11.6 Å². The van der Waals surface area contributed by atoms with Gasteiger partial charge in [-0.05, 0) is 37.1 Å². The Morgan fingerprint density at radius 1 is 1.38 bits per heavy atom. The van der Waals surface area contributed by atoms with Gasteiger partial charge in [0.25, 0.3) is 5.91 Å². The number of anilines is 1. The highest BCUT2D eigenvalue weighted by molar-refractivity contribution is 5.95.